The van der Waals surface area contributed by atoms with Gasteiger partial charge in [0.25, 0.3) is 11.5 Å². The van der Waals surface area contributed by atoms with E-state index >= 15 is 0 Å². The fourth-order valence-electron chi connectivity index (χ4n) is 3.03. The van der Waals surface area contributed by atoms with Crippen LogP contribution in [-0.4, -0.2) is 48.0 Å². The number of hydrogen-bond acceptors (Lipinski definition) is 8. The molecule has 0 spiro atoms. The number of nitrogens with one attached hydrogen (secondary N) is 4. The number of fused-ring (bicyclic) bond motifs is 1. The van der Waals surface area contributed by atoms with Crippen molar-refractivity contribution in [2.75, 3.05) is 12.3 Å². The molecule has 12 heteroatoms. The molecular formula is C17H19N9O2S. The summed E-state index contributed by atoms with van der Waals surface area (Å²) in [6.45, 7) is 0.537. The summed E-state index contributed by atoms with van der Waals surface area (Å²) in [6, 6.07) is 3.76. The van der Waals surface area contributed by atoms with Gasteiger partial charge in [0.1, 0.15) is 5.65 Å². The first kappa shape index (κ1) is 18.8. The maximum absolute atomic E-state index is 12.3. The van der Waals surface area contributed by atoms with Crippen LogP contribution in [0.4, 0.5) is 5.95 Å². The molecule has 6 N–H and O–H groups in total. The van der Waals surface area contributed by atoms with Gasteiger partial charge in [-0.05, 0) is 37.0 Å². The predicted molar refractivity (Wildman–Crippen MR) is 108 cm³/mol. The lowest BCUT2D eigenvalue weighted by Gasteiger charge is -2.02. The topological polar surface area (TPSA) is 171 Å². The van der Waals surface area contributed by atoms with Crippen LogP contribution in [-0.2, 0) is 19.3 Å². The number of thiophene rings is 1. The SMILES string of the molecule is Nc1nc2[nH]cc(CCc3ccc(C(=O)NCCCc4nn[nH]n4)s3)c2c(=O)[nH]1. The minimum absolute atomic E-state index is 0.0853. The van der Waals surface area contributed by atoms with Gasteiger partial charge in [0.15, 0.2) is 5.82 Å². The molecule has 4 rings (SSSR count). The van der Waals surface area contributed by atoms with E-state index in [0.717, 1.165) is 16.9 Å². The first-order chi connectivity index (χ1) is 14.1. The second-order valence-electron chi connectivity index (χ2n) is 6.44. The molecule has 4 heterocycles. The van der Waals surface area contributed by atoms with Crippen LogP contribution in [0.5, 0.6) is 0 Å². The van der Waals surface area contributed by atoms with E-state index in [1.54, 1.807) is 6.20 Å². The van der Waals surface area contributed by atoms with E-state index in [4.69, 9.17) is 5.73 Å². The highest BCUT2D eigenvalue weighted by molar-refractivity contribution is 7.14. The molecular weight excluding hydrogens is 394 g/mol. The smallest absolute Gasteiger partial charge is 0.262 e. The maximum Gasteiger partial charge on any atom is 0.262 e. The minimum Gasteiger partial charge on any atom is -0.369 e. The van der Waals surface area contributed by atoms with Gasteiger partial charge in [-0.25, -0.2) is 0 Å². The van der Waals surface area contributed by atoms with E-state index in [9.17, 15) is 9.59 Å². The van der Waals surface area contributed by atoms with E-state index in [-0.39, 0.29) is 17.4 Å². The first-order valence-electron chi connectivity index (χ1n) is 9.05. The Hall–Kier alpha value is -3.54. The Bertz CT molecular complexity index is 1180. The summed E-state index contributed by atoms with van der Waals surface area (Å²) in [6.07, 6.45) is 4.53. The number of nitrogens with two attached hydrogens (primary N) is 1. The number of aryl methyl sites for hydroxylation is 3. The largest absolute Gasteiger partial charge is 0.369 e. The molecule has 0 unspecified atom stereocenters. The van der Waals surface area contributed by atoms with Crippen molar-refractivity contribution in [3.8, 4) is 0 Å². The molecule has 0 atom stereocenters. The number of rotatable bonds is 8. The number of aromatic amines is 3. The van der Waals surface area contributed by atoms with Crippen molar-refractivity contribution in [2.24, 2.45) is 0 Å². The first-order valence-corrected chi connectivity index (χ1v) is 9.87. The van der Waals surface area contributed by atoms with Crippen molar-refractivity contribution >= 4 is 34.2 Å². The summed E-state index contributed by atoms with van der Waals surface area (Å²) in [5.41, 5.74) is 6.66. The highest BCUT2D eigenvalue weighted by Crippen LogP contribution is 2.20. The average molecular weight is 413 g/mol. The number of aromatic nitrogens is 7. The number of nitrogens with zero attached hydrogens (tertiary/aromatic N) is 4. The number of H-pyrrole nitrogens is 3. The molecule has 0 aliphatic carbocycles. The van der Waals surface area contributed by atoms with Crippen LogP contribution in [0, 0.1) is 0 Å². The van der Waals surface area contributed by atoms with Gasteiger partial charge >= 0.3 is 0 Å². The van der Waals surface area contributed by atoms with Crippen LogP contribution in [0.15, 0.2) is 23.1 Å². The maximum atomic E-state index is 12.3. The Morgan fingerprint density at radius 2 is 2.14 bits per heavy atom. The highest BCUT2D eigenvalue weighted by atomic mass is 32.1. The number of anilines is 1. The van der Waals surface area contributed by atoms with Gasteiger partial charge in [-0.15, -0.1) is 21.5 Å². The van der Waals surface area contributed by atoms with E-state index in [1.165, 1.54) is 11.3 Å². The Morgan fingerprint density at radius 1 is 1.24 bits per heavy atom. The van der Waals surface area contributed by atoms with Crippen LogP contribution >= 0.6 is 11.3 Å². The second kappa shape index (κ2) is 8.22. The van der Waals surface area contributed by atoms with Crippen molar-refractivity contribution in [3.63, 3.8) is 0 Å². The number of carbonyl (C=O) groups excluding carboxylic acids is 1. The van der Waals surface area contributed by atoms with E-state index in [1.807, 2.05) is 12.1 Å². The van der Waals surface area contributed by atoms with Crippen LogP contribution in [0.25, 0.3) is 11.0 Å². The third kappa shape index (κ3) is 4.32. The zero-order valence-corrected chi connectivity index (χ0v) is 16.2. The van der Waals surface area contributed by atoms with Gasteiger partial charge in [-0.1, -0.05) is 5.21 Å². The lowest BCUT2D eigenvalue weighted by Crippen LogP contribution is -2.23. The number of tetrazole rings is 1. The molecule has 29 heavy (non-hydrogen) atoms. The van der Waals surface area contributed by atoms with E-state index in [0.29, 0.717) is 47.5 Å². The molecule has 0 bridgehead atoms. The lowest BCUT2D eigenvalue weighted by atomic mass is 10.1. The molecule has 11 nitrogen and oxygen atoms in total. The molecule has 0 aromatic carbocycles. The Labute approximate surface area is 168 Å². The standard InChI is InChI=1S/C17H19N9O2S/c18-17-21-14-13(16(28)22-17)9(8-20-14)3-4-10-5-6-11(29-10)15(27)19-7-1-2-12-23-25-26-24-12/h5-6,8H,1-4,7H2,(H,19,27)(H,23,24,25,26)(H4,18,20,21,22,28). The Morgan fingerprint density at radius 3 is 2.97 bits per heavy atom. The van der Waals surface area contributed by atoms with Gasteiger partial charge in [-0.2, -0.15) is 10.2 Å². The fourth-order valence-corrected chi connectivity index (χ4v) is 3.96. The Balaban J connectivity index is 1.31. The molecule has 0 fully saturated rings. The summed E-state index contributed by atoms with van der Waals surface area (Å²) >= 11 is 1.45. The summed E-state index contributed by atoms with van der Waals surface area (Å²) in [7, 11) is 0. The number of nitrogen functional groups attached to an aromatic ring is 1. The van der Waals surface area contributed by atoms with Gasteiger partial charge in [0, 0.05) is 24.0 Å². The van der Waals surface area contributed by atoms with E-state index in [2.05, 4.69) is 40.9 Å². The van der Waals surface area contributed by atoms with E-state index < -0.39 is 0 Å². The van der Waals surface area contributed by atoms with Crippen LogP contribution in [0.2, 0.25) is 0 Å². The van der Waals surface area contributed by atoms with Crippen molar-refractivity contribution in [2.45, 2.75) is 25.7 Å². The number of amides is 1. The van der Waals surface area contributed by atoms with Crippen molar-refractivity contribution in [3.05, 3.63) is 49.8 Å². The second-order valence-corrected chi connectivity index (χ2v) is 7.61. The molecule has 1 amide bonds. The van der Waals surface area contributed by atoms with Crippen molar-refractivity contribution < 1.29 is 4.79 Å². The zero-order chi connectivity index (χ0) is 20.2. The van der Waals surface area contributed by atoms with Gasteiger partial charge in [-0.3, -0.25) is 14.6 Å². The lowest BCUT2D eigenvalue weighted by molar-refractivity contribution is 0.0957. The summed E-state index contributed by atoms with van der Waals surface area (Å²) < 4.78 is 0. The van der Waals surface area contributed by atoms with Crippen LogP contribution in [0.1, 0.15) is 32.4 Å². The third-order valence-electron chi connectivity index (χ3n) is 4.42. The van der Waals surface area contributed by atoms with Gasteiger partial charge in [0.2, 0.25) is 5.95 Å². The normalized spacial score (nSPS) is 11.2. The predicted octanol–water partition coefficient (Wildman–Crippen LogP) is 0.556. The third-order valence-corrected chi connectivity index (χ3v) is 5.56. The van der Waals surface area contributed by atoms with Crippen molar-refractivity contribution in [1.82, 2.24) is 40.9 Å². The highest BCUT2D eigenvalue weighted by Gasteiger charge is 2.12. The minimum atomic E-state index is -0.254. The molecule has 150 valence electrons. The van der Waals surface area contributed by atoms with Crippen LogP contribution in [0.3, 0.4) is 0 Å². The van der Waals surface area contributed by atoms with Crippen LogP contribution < -0.4 is 16.6 Å². The molecule has 0 saturated heterocycles. The molecule has 4 aromatic rings. The summed E-state index contributed by atoms with van der Waals surface area (Å²) in [5.74, 6) is 0.617. The molecule has 0 aliphatic rings. The molecule has 0 aliphatic heterocycles. The fraction of sp³-hybridized carbons (Fsp3) is 0.294. The van der Waals surface area contributed by atoms with Gasteiger partial charge in [0.05, 0.1) is 10.3 Å². The summed E-state index contributed by atoms with van der Waals surface area (Å²) in [5, 5.41) is 17.1. The monoisotopic (exact) mass is 413 g/mol. The Kier molecular flexibility index (Phi) is 5.33. The molecule has 0 saturated carbocycles. The average Bonchev–Trinajstić information content (AvgIpc) is 3.43. The number of carbonyl (C=O) groups is 1. The zero-order valence-electron chi connectivity index (χ0n) is 15.4. The number of hydrogen-bond donors (Lipinski definition) is 5. The summed E-state index contributed by atoms with van der Waals surface area (Å²) in [4.78, 5) is 35.7. The van der Waals surface area contributed by atoms with Crippen molar-refractivity contribution in [1.29, 1.82) is 0 Å². The molecule has 0 radical (unpaired) electrons. The van der Waals surface area contributed by atoms with Gasteiger partial charge < -0.3 is 16.0 Å². The molecule has 4 aromatic heterocycles. The quantitative estimate of drug-likeness (QED) is 0.262.